The van der Waals surface area contributed by atoms with Crippen LogP contribution in [0.2, 0.25) is 0 Å². The number of hydrogen-bond donors (Lipinski definition) is 1. The average molecular weight is 482 g/mol. The molecule has 9 heteroatoms. The highest BCUT2D eigenvalue weighted by Crippen LogP contribution is 2.40. The van der Waals surface area contributed by atoms with Crippen LogP contribution in [-0.4, -0.2) is 10.5 Å². The Bertz CT molecular complexity index is 1040. The van der Waals surface area contributed by atoms with Crippen molar-refractivity contribution in [1.82, 2.24) is 4.98 Å². The van der Waals surface area contributed by atoms with Gasteiger partial charge in [0.25, 0.3) is 0 Å². The Kier molecular flexibility index (Phi) is 6.44. The number of hydrogen-bond acceptors (Lipinski definition) is 5. The van der Waals surface area contributed by atoms with Gasteiger partial charge in [0.15, 0.2) is 0 Å². The second kappa shape index (κ2) is 8.82. The van der Waals surface area contributed by atoms with Gasteiger partial charge >= 0.3 is 5.51 Å². The van der Waals surface area contributed by atoms with Gasteiger partial charge < -0.3 is 5.32 Å². The third kappa shape index (κ3) is 5.38. The van der Waals surface area contributed by atoms with Crippen LogP contribution in [0.15, 0.2) is 69.5 Å². The van der Waals surface area contributed by atoms with Gasteiger partial charge in [-0.15, -0.1) is 11.3 Å². The van der Waals surface area contributed by atoms with Gasteiger partial charge in [-0.05, 0) is 36.0 Å². The summed E-state index contributed by atoms with van der Waals surface area (Å²) in [5.74, 6) is 0. The second-order valence-corrected chi connectivity index (χ2v) is 8.28. The number of thioether (sulfide) groups is 1. The van der Waals surface area contributed by atoms with Gasteiger partial charge in [-0.1, -0.05) is 40.2 Å². The normalized spacial score (nSPS) is 11.9. The molecular formula is C19H11BrF3N3S2. The summed E-state index contributed by atoms with van der Waals surface area (Å²) in [5.41, 5.74) is -2.26. The van der Waals surface area contributed by atoms with Crippen molar-refractivity contribution in [3.63, 3.8) is 0 Å². The molecule has 0 aliphatic carbocycles. The highest BCUT2D eigenvalue weighted by Gasteiger charge is 2.30. The SMILES string of the molecule is N#C/C(=C\Nc1ccccc1SC(F)(F)F)c1nc(-c2ccc(Br)cc2)cs1. The summed E-state index contributed by atoms with van der Waals surface area (Å²) in [5, 5.41) is 14.6. The van der Waals surface area contributed by atoms with E-state index in [0.717, 1.165) is 15.7 Å². The molecule has 3 aromatic rings. The second-order valence-electron chi connectivity index (χ2n) is 5.40. The maximum absolute atomic E-state index is 12.7. The van der Waals surface area contributed by atoms with E-state index < -0.39 is 5.51 Å². The third-order valence-electron chi connectivity index (χ3n) is 3.48. The lowest BCUT2D eigenvalue weighted by atomic mass is 10.2. The molecule has 3 rings (SSSR count). The molecule has 1 N–H and O–H groups in total. The highest BCUT2D eigenvalue weighted by molar-refractivity contribution is 9.10. The van der Waals surface area contributed by atoms with Crippen LogP contribution in [0.3, 0.4) is 0 Å². The minimum absolute atomic E-state index is 0.0261. The van der Waals surface area contributed by atoms with Crippen LogP contribution >= 0.6 is 39.0 Å². The zero-order valence-corrected chi connectivity index (χ0v) is 17.2. The van der Waals surface area contributed by atoms with Crippen LogP contribution in [0.1, 0.15) is 5.01 Å². The number of nitriles is 1. The number of aromatic nitrogens is 1. The van der Waals surface area contributed by atoms with Gasteiger partial charge in [0, 0.05) is 26.5 Å². The van der Waals surface area contributed by atoms with E-state index in [2.05, 4.69) is 26.2 Å². The summed E-state index contributed by atoms with van der Waals surface area (Å²) in [6, 6.07) is 15.7. The lowest BCUT2D eigenvalue weighted by Gasteiger charge is -2.10. The van der Waals surface area contributed by atoms with Crippen molar-refractivity contribution < 1.29 is 13.2 Å². The van der Waals surface area contributed by atoms with Crippen molar-refractivity contribution in [2.75, 3.05) is 5.32 Å². The molecule has 0 amide bonds. The number of halogens is 4. The number of thiazole rings is 1. The van der Waals surface area contributed by atoms with E-state index in [9.17, 15) is 18.4 Å². The van der Waals surface area contributed by atoms with Crippen LogP contribution in [-0.2, 0) is 0 Å². The van der Waals surface area contributed by atoms with Crippen molar-refractivity contribution in [3.8, 4) is 17.3 Å². The highest BCUT2D eigenvalue weighted by atomic mass is 79.9. The van der Waals surface area contributed by atoms with Crippen LogP contribution in [0.5, 0.6) is 0 Å². The lowest BCUT2D eigenvalue weighted by Crippen LogP contribution is -2.01. The summed E-state index contributed by atoms with van der Waals surface area (Å²) in [6.07, 6.45) is 1.37. The Morgan fingerprint density at radius 1 is 1.18 bits per heavy atom. The molecule has 0 bridgehead atoms. The molecule has 0 saturated carbocycles. The van der Waals surface area contributed by atoms with E-state index in [-0.39, 0.29) is 27.9 Å². The topological polar surface area (TPSA) is 48.7 Å². The fourth-order valence-corrected chi connectivity index (χ4v) is 3.93. The summed E-state index contributed by atoms with van der Waals surface area (Å²) >= 11 is 4.46. The Morgan fingerprint density at radius 2 is 1.89 bits per heavy atom. The largest absolute Gasteiger partial charge is 0.446 e. The van der Waals surface area contributed by atoms with E-state index >= 15 is 0 Å². The molecule has 0 aliphatic rings. The number of allylic oxidation sites excluding steroid dienone is 1. The van der Waals surface area contributed by atoms with Gasteiger partial charge in [-0.2, -0.15) is 18.4 Å². The molecule has 142 valence electrons. The van der Waals surface area contributed by atoms with Crippen LogP contribution in [0.25, 0.3) is 16.8 Å². The molecule has 0 spiro atoms. The Morgan fingerprint density at radius 3 is 2.57 bits per heavy atom. The molecule has 0 fully saturated rings. The Balaban J connectivity index is 1.83. The monoisotopic (exact) mass is 481 g/mol. The summed E-state index contributed by atoms with van der Waals surface area (Å²) in [7, 11) is 0. The Labute approximate surface area is 176 Å². The molecule has 28 heavy (non-hydrogen) atoms. The maximum Gasteiger partial charge on any atom is 0.446 e. The lowest BCUT2D eigenvalue weighted by molar-refractivity contribution is -0.0327. The van der Waals surface area contributed by atoms with Crippen molar-refractivity contribution in [2.45, 2.75) is 10.4 Å². The van der Waals surface area contributed by atoms with E-state index in [1.54, 1.807) is 6.07 Å². The standard InChI is InChI=1S/C19H11BrF3N3S2/c20-14-7-5-12(6-8-14)16-11-27-18(26-16)13(9-24)10-25-15-3-1-2-4-17(15)28-19(21,22)23/h1-8,10-11,25H/b13-10+. The third-order valence-corrected chi connectivity index (χ3v) is 5.69. The first-order valence-corrected chi connectivity index (χ1v) is 10.3. The van der Waals surface area contributed by atoms with Gasteiger partial charge in [-0.3, -0.25) is 0 Å². The molecule has 0 unspecified atom stereocenters. The summed E-state index contributed by atoms with van der Waals surface area (Å²) in [6.45, 7) is 0. The number of nitrogens with zero attached hydrogens (tertiary/aromatic N) is 2. The van der Waals surface area contributed by atoms with Crippen molar-refractivity contribution in [3.05, 3.63) is 69.6 Å². The molecule has 2 aromatic carbocycles. The van der Waals surface area contributed by atoms with Crippen LogP contribution < -0.4 is 5.32 Å². The first kappa shape index (κ1) is 20.5. The van der Waals surface area contributed by atoms with Crippen molar-refractivity contribution in [2.24, 2.45) is 0 Å². The summed E-state index contributed by atoms with van der Waals surface area (Å²) < 4.78 is 39.0. The first-order valence-electron chi connectivity index (χ1n) is 7.79. The van der Waals surface area contributed by atoms with Gasteiger partial charge in [0.05, 0.1) is 11.4 Å². The molecule has 0 atom stereocenters. The van der Waals surface area contributed by atoms with E-state index in [1.807, 2.05) is 35.7 Å². The molecule has 1 aromatic heterocycles. The quantitative estimate of drug-likeness (QED) is 0.310. The fourth-order valence-electron chi connectivity index (χ4n) is 2.24. The molecule has 0 aliphatic heterocycles. The maximum atomic E-state index is 12.7. The molecule has 0 saturated heterocycles. The number of alkyl halides is 3. The fraction of sp³-hybridized carbons (Fsp3) is 0.0526. The van der Waals surface area contributed by atoms with Gasteiger partial charge in [0.2, 0.25) is 0 Å². The van der Waals surface area contributed by atoms with E-state index in [1.165, 1.54) is 35.7 Å². The van der Waals surface area contributed by atoms with Crippen molar-refractivity contribution >= 4 is 50.3 Å². The number of nitrogens with one attached hydrogen (secondary N) is 1. The predicted octanol–water partition coefficient (Wildman–Crippen LogP) is 7.16. The van der Waals surface area contributed by atoms with Crippen LogP contribution in [0, 0.1) is 11.3 Å². The van der Waals surface area contributed by atoms with Gasteiger partial charge in [-0.25, -0.2) is 4.98 Å². The Hall–Kier alpha value is -2.28. The van der Waals surface area contributed by atoms with E-state index in [4.69, 9.17) is 0 Å². The molecule has 3 nitrogen and oxygen atoms in total. The number of benzene rings is 2. The predicted molar refractivity (Wildman–Crippen MR) is 111 cm³/mol. The van der Waals surface area contributed by atoms with Crippen LogP contribution in [0.4, 0.5) is 18.9 Å². The molecule has 1 heterocycles. The molecular weight excluding hydrogens is 471 g/mol. The number of anilines is 1. The van der Waals surface area contributed by atoms with Gasteiger partial charge in [0.1, 0.15) is 16.6 Å². The zero-order valence-electron chi connectivity index (χ0n) is 14.0. The zero-order chi connectivity index (χ0) is 20.1. The number of rotatable bonds is 5. The summed E-state index contributed by atoms with van der Waals surface area (Å²) in [4.78, 5) is 4.49. The smallest absolute Gasteiger partial charge is 0.359 e. The van der Waals surface area contributed by atoms with E-state index in [0.29, 0.717) is 5.01 Å². The number of para-hydroxylation sites is 1. The first-order chi connectivity index (χ1) is 13.4. The average Bonchev–Trinajstić information content (AvgIpc) is 3.13. The molecule has 0 radical (unpaired) electrons. The minimum Gasteiger partial charge on any atom is -0.359 e. The van der Waals surface area contributed by atoms with Crippen molar-refractivity contribution in [1.29, 1.82) is 5.26 Å². The minimum atomic E-state index is -4.39.